The minimum Gasteiger partial charge on any atom is -0.453 e. The molecule has 0 aromatic carbocycles. The van der Waals surface area contributed by atoms with Crippen molar-refractivity contribution in [3.05, 3.63) is 12.7 Å². The molecule has 0 amide bonds. The second kappa shape index (κ2) is 6.67. The van der Waals surface area contributed by atoms with E-state index in [-0.39, 0.29) is 6.61 Å². The van der Waals surface area contributed by atoms with Crippen molar-refractivity contribution in [1.29, 1.82) is 0 Å². The highest BCUT2D eigenvalue weighted by Gasteiger charge is 2.34. The van der Waals surface area contributed by atoms with Gasteiger partial charge in [0, 0.05) is 10.6 Å². The number of carbonyl (C=O) groups excluding carboxylic acids is 1. The summed E-state index contributed by atoms with van der Waals surface area (Å²) in [5, 5.41) is 0. The zero-order chi connectivity index (χ0) is 11.9. The molecular weight excluding hydrogens is 219 g/mol. The van der Waals surface area contributed by atoms with E-state index in [1.165, 1.54) is 0 Å². The number of ether oxygens (including phenoxy) is 1. The maximum atomic E-state index is 11.1. The normalized spacial score (nSPS) is 12.1. The zero-order valence-electron chi connectivity index (χ0n) is 8.93. The summed E-state index contributed by atoms with van der Waals surface area (Å²) in [5.41, 5.74) is -0.848. The van der Waals surface area contributed by atoms with Crippen LogP contribution in [0.2, 0.25) is 0 Å². The van der Waals surface area contributed by atoms with Gasteiger partial charge in [0.15, 0.2) is 0 Å². The molecule has 6 heteroatoms. The molecule has 15 heavy (non-hydrogen) atoms. The molecule has 0 radical (unpaired) electrons. The van der Waals surface area contributed by atoms with Gasteiger partial charge in [0.25, 0.3) is 0 Å². The number of rotatable bonds is 7. The van der Waals surface area contributed by atoms with E-state index < -0.39 is 19.8 Å². The third kappa shape index (κ3) is 5.02. The molecule has 0 bridgehead atoms. The third-order valence-electron chi connectivity index (χ3n) is 2.21. The Kier molecular flexibility index (Phi) is 6.32. The molecule has 0 saturated heterocycles. The van der Waals surface area contributed by atoms with Gasteiger partial charge in [0.1, 0.15) is 12.2 Å². The molecule has 0 aromatic heterocycles. The molecule has 0 aliphatic heterocycles. The predicted molar refractivity (Wildman–Crippen MR) is 55.4 cm³/mol. The van der Waals surface area contributed by atoms with Crippen LogP contribution in [-0.2, 0) is 18.6 Å². The number of hydrogen-bond donors (Lipinski definition) is 1. The minimum absolute atomic E-state index is 0.0920. The largest absolute Gasteiger partial charge is 0.694 e. The number of esters is 1. The van der Waals surface area contributed by atoms with Crippen LogP contribution in [0.25, 0.3) is 0 Å². The lowest BCUT2D eigenvalue weighted by Crippen LogP contribution is -2.37. The average Bonchev–Trinajstić information content (AvgIpc) is 2.24. The van der Waals surface area contributed by atoms with Crippen LogP contribution in [0, 0.1) is 0 Å². The monoisotopic (exact) mass is 235 g/mol. The van der Waals surface area contributed by atoms with Crippen LogP contribution in [0.1, 0.15) is 26.7 Å². The minimum atomic E-state index is -2.67. The maximum absolute atomic E-state index is 11.1. The molecule has 5 nitrogen and oxygen atoms in total. The van der Waals surface area contributed by atoms with E-state index in [0.717, 1.165) is 6.08 Å². The van der Waals surface area contributed by atoms with E-state index in [2.05, 4.69) is 11.1 Å². The molecule has 0 aromatic rings. The zero-order valence-corrected chi connectivity index (χ0v) is 9.83. The van der Waals surface area contributed by atoms with Gasteiger partial charge in [0.2, 0.25) is 0 Å². The Labute approximate surface area is 90.0 Å². The topological polar surface area (TPSA) is 72.8 Å². The van der Waals surface area contributed by atoms with Gasteiger partial charge in [-0.2, -0.15) is 0 Å². The molecule has 1 unspecified atom stereocenters. The van der Waals surface area contributed by atoms with E-state index in [4.69, 9.17) is 9.63 Å². The standard InChI is InChI=1S/C9H15O5P/c1-4-8(10)14-9(5-2,6-3)7-13-15(11)12/h4H,1,5-7H2,2-3H3/p+1. The molecule has 0 spiro atoms. The second-order valence-electron chi connectivity index (χ2n) is 3.03. The van der Waals surface area contributed by atoms with Crippen molar-refractivity contribution in [2.45, 2.75) is 32.3 Å². The van der Waals surface area contributed by atoms with E-state index in [9.17, 15) is 9.36 Å². The summed E-state index contributed by atoms with van der Waals surface area (Å²) in [6.07, 6.45) is 2.07. The summed E-state index contributed by atoms with van der Waals surface area (Å²) in [4.78, 5) is 19.6. The Bertz CT molecular complexity index is 247. The van der Waals surface area contributed by atoms with Crippen molar-refractivity contribution >= 4 is 14.2 Å². The van der Waals surface area contributed by atoms with Crippen LogP contribution in [0.5, 0.6) is 0 Å². The molecule has 0 aliphatic rings. The van der Waals surface area contributed by atoms with Crippen LogP contribution in [0.4, 0.5) is 0 Å². The summed E-state index contributed by atoms with van der Waals surface area (Å²) in [6.45, 7) is 6.82. The van der Waals surface area contributed by atoms with Crippen molar-refractivity contribution in [2.75, 3.05) is 6.61 Å². The quantitative estimate of drug-likeness (QED) is 0.414. The van der Waals surface area contributed by atoms with Crippen molar-refractivity contribution in [3.63, 3.8) is 0 Å². The lowest BCUT2D eigenvalue weighted by Gasteiger charge is -2.28. The molecule has 1 atom stereocenters. The molecule has 0 rings (SSSR count). The van der Waals surface area contributed by atoms with Gasteiger partial charge in [-0.15, -0.1) is 9.42 Å². The van der Waals surface area contributed by atoms with Crippen LogP contribution in [-0.4, -0.2) is 23.1 Å². The molecular formula is C9H16O5P+. The highest BCUT2D eigenvalue weighted by Crippen LogP contribution is 2.26. The Morgan fingerprint density at radius 1 is 1.53 bits per heavy atom. The van der Waals surface area contributed by atoms with Crippen molar-refractivity contribution in [3.8, 4) is 0 Å². The van der Waals surface area contributed by atoms with Crippen LogP contribution in [0.3, 0.4) is 0 Å². The lowest BCUT2D eigenvalue weighted by molar-refractivity contribution is -0.158. The first-order valence-corrected chi connectivity index (χ1v) is 5.77. The maximum Gasteiger partial charge on any atom is 0.694 e. The van der Waals surface area contributed by atoms with Gasteiger partial charge in [0.05, 0.1) is 0 Å². The second-order valence-corrected chi connectivity index (χ2v) is 3.76. The first kappa shape index (κ1) is 14.2. The number of carbonyl (C=O) groups is 1. The van der Waals surface area contributed by atoms with E-state index in [1.807, 2.05) is 13.8 Å². The Morgan fingerprint density at radius 3 is 2.40 bits per heavy atom. The van der Waals surface area contributed by atoms with E-state index in [0.29, 0.717) is 12.8 Å². The predicted octanol–water partition coefficient (Wildman–Crippen LogP) is 1.94. The Balaban J connectivity index is 4.48. The highest BCUT2D eigenvalue weighted by atomic mass is 31.1. The molecule has 1 N–H and O–H groups in total. The van der Waals surface area contributed by atoms with Crippen LogP contribution in [0.15, 0.2) is 12.7 Å². The smallest absolute Gasteiger partial charge is 0.453 e. The molecule has 0 fully saturated rings. The lowest BCUT2D eigenvalue weighted by atomic mass is 9.98. The molecule has 86 valence electrons. The first-order chi connectivity index (χ1) is 6.99. The Morgan fingerprint density at radius 2 is 2.07 bits per heavy atom. The average molecular weight is 235 g/mol. The van der Waals surface area contributed by atoms with Crippen molar-refractivity contribution < 1.29 is 23.5 Å². The fourth-order valence-corrected chi connectivity index (χ4v) is 1.40. The van der Waals surface area contributed by atoms with Gasteiger partial charge in [-0.1, -0.05) is 20.4 Å². The van der Waals surface area contributed by atoms with E-state index >= 15 is 0 Å². The summed E-state index contributed by atoms with van der Waals surface area (Å²) >= 11 is 0. The molecule has 0 aliphatic carbocycles. The highest BCUT2D eigenvalue weighted by molar-refractivity contribution is 7.32. The van der Waals surface area contributed by atoms with Crippen molar-refractivity contribution in [1.82, 2.24) is 0 Å². The third-order valence-corrected chi connectivity index (χ3v) is 2.56. The van der Waals surface area contributed by atoms with E-state index in [1.54, 1.807) is 0 Å². The Hall–Kier alpha value is -0.770. The molecule has 0 saturated carbocycles. The van der Waals surface area contributed by atoms with Crippen LogP contribution < -0.4 is 0 Å². The van der Waals surface area contributed by atoms with Gasteiger partial charge in [-0.05, 0) is 12.8 Å². The fourth-order valence-electron chi connectivity index (χ4n) is 1.06. The van der Waals surface area contributed by atoms with Crippen LogP contribution >= 0.6 is 8.25 Å². The van der Waals surface area contributed by atoms with Gasteiger partial charge in [-0.25, -0.2) is 4.79 Å². The summed E-state index contributed by atoms with van der Waals surface area (Å²) < 4.78 is 20.1. The SMILES string of the molecule is C=CC(=O)OC(CC)(CC)CO[P+](=O)O. The van der Waals surface area contributed by atoms with Gasteiger partial charge >= 0.3 is 14.2 Å². The van der Waals surface area contributed by atoms with Crippen molar-refractivity contribution in [2.24, 2.45) is 0 Å². The first-order valence-electron chi connectivity index (χ1n) is 4.64. The van der Waals surface area contributed by atoms with Gasteiger partial charge in [-0.3, -0.25) is 0 Å². The van der Waals surface area contributed by atoms with Gasteiger partial charge < -0.3 is 4.74 Å². The molecule has 0 heterocycles. The summed E-state index contributed by atoms with van der Waals surface area (Å²) in [5.74, 6) is -0.560. The fraction of sp³-hybridized carbons (Fsp3) is 0.667. The summed E-state index contributed by atoms with van der Waals surface area (Å²) in [6, 6.07) is 0. The summed E-state index contributed by atoms with van der Waals surface area (Å²) in [7, 11) is -2.67. The number of hydrogen-bond acceptors (Lipinski definition) is 4.